The van der Waals surface area contributed by atoms with E-state index < -0.39 is 12.2 Å². The number of ketones is 1. The average Bonchev–Trinajstić information content (AvgIpc) is 3.32. The molecule has 6 nitrogen and oxygen atoms in total. The molecule has 3 rings (SSSR count). The van der Waals surface area contributed by atoms with Crippen LogP contribution in [0.25, 0.3) is 11.0 Å². The van der Waals surface area contributed by atoms with E-state index in [0.717, 1.165) is 34.7 Å². The smallest absolute Gasteiger partial charge is 0.316 e. The van der Waals surface area contributed by atoms with Crippen LogP contribution in [0.3, 0.4) is 0 Å². The lowest BCUT2D eigenvalue weighted by molar-refractivity contribution is -0.144. The van der Waals surface area contributed by atoms with Gasteiger partial charge in [-0.05, 0) is 50.3 Å². The van der Waals surface area contributed by atoms with Crippen LogP contribution in [0.2, 0.25) is 0 Å². The highest BCUT2D eigenvalue weighted by atomic mass is 32.2. The number of thioether (sulfide) groups is 2. The lowest BCUT2D eigenvalue weighted by Crippen LogP contribution is -2.22. The lowest BCUT2D eigenvalue weighted by atomic mass is 10.0. The number of aliphatic hydroxyl groups excluding tert-OH is 2. The van der Waals surface area contributed by atoms with E-state index in [-0.39, 0.29) is 35.4 Å². The molecule has 1 aromatic carbocycles. The second kappa shape index (κ2) is 13.4. The van der Waals surface area contributed by atoms with Crippen LogP contribution in [0.5, 0.6) is 0 Å². The third-order valence-corrected chi connectivity index (χ3v) is 8.04. The first kappa shape index (κ1) is 26.9. The number of hydrogen-bond acceptors (Lipinski definition) is 8. The van der Waals surface area contributed by atoms with Crippen molar-refractivity contribution in [2.24, 2.45) is 5.92 Å². The van der Waals surface area contributed by atoms with Gasteiger partial charge in [-0.1, -0.05) is 30.4 Å². The standard InChI is InChI=1S/C26H34O6S2/c1-17(2)31-25(30)16-33-12-5-13-34-26-21(22(28)15-23(26)29)11-9-19(27)8-10-20-14-18-6-3-4-7-24(18)32-20/h3-4,6-7,9,11,14,17,19,21-22,26-28H,5,8,10,12-13,15-16H2,1-2H3/t19-,21-,22+,26+/m0/s1. The monoisotopic (exact) mass is 506 g/mol. The molecule has 8 heteroatoms. The van der Waals surface area contributed by atoms with Crippen molar-refractivity contribution in [1.29, 1.82) is 0 Å². The highest BCUT2D eigenvalue weighted by Gasteiger charge is 2.40. The van der Waals surface area contributed by atoms with Crippen LogP contribution < -0.4 is 0 Å². The van der Waals surface area contributed by atoms with E-state index in [9.17, 15) is 19.8 Å². The van der Waals surface area contributed by atoms with Crippen LogP contribution in [0.15, 0.2) is 46.9 Å². The van der Waals surface area contributed by atoms with Gasteiger partial charge in [0.25, 0.3) is 0 Å². The predicted octanol–water partition coefficient (Wildman–Crippen LogP) is 4.41. The minimum absolute atomic E-state index is 0.0529. The molecule has 34 heavy (non-hydrogen) atoms. The van der Waals surface area contributed by atoms with E-state index in [1.165, 1.54) is 11.8 Å². The van der Waals surface area contributed by atoms with E-state index in [1.54, 1.807) is 23.9 Å². The number of furan rings is 1. The van der Waals surface area contributed by atoms with E-state index >= 15 is 0 Å². The van der Waals surface area contributed by atoms with Crippen molar-refractivity contribution in [3.63, 3.8) is 0 Å². The number of ether oxygens (including phenoxy) is 1. The Kier molecular flexibility index (Phi) is 10.6. The molecule has 186 valence electrons. The Hall–Kier alpha value is -1.74. The third-order valence-electron chi connectivity index (χ3n) is 5.56. The maximum absolute atomic E-state index is 12.4. The zero-order chi connectivity index (χ0) is 24.5. The number of carbonyl (C=O) groups excluding carboxylic acids is 2. The molecule has 0 radical (unpaired) electrons. The van der Waals surface area contributed by atoms with Gasteiger partial charge in [-0.25, -0.2) is 0 Å². The summed E-state index contributed by atoms with van der Waals surface area (Å²) < 4.78 is 10.9. The van der Waals surface area contributed by atoms with Gasteiger partial charge in [-0.15, -0.1) is 11.8 Å². The molecule has 1 aliphatic carbocycles. The van der Waals surface area contributed by atoms with Crippen molar-refractivity contribution in [2.75, 3.05) is 17.3 Å². The van der Waals surface area contributed by atoms with E-state index in [0.29, 0.717) is 18.6 Å². The Balaban J connectivity index is 1.40. The highest BCUT2D eigenvalue weighted by molar-refractivity contribution is 8.01. The Morgan fingerprint density at radius 2 is 2.09 bits per heavy atom. The molecule has 0 bridgehead atoms. The van der Waals surface area contributed by atoms with Crippen LogP contribution in [0, 0.1) is 5.92 Å². The molecule has 1 saturated carbocycles. The Morgan fingerprint density at radius 1 is 1.29 bits per heavy atom. The number of esters is 1. The van der Waals surface area contributed by atoms with Gasteiger partial charge in [-0.3, -0.25) is 9.59 Å². The van der Waals surface area contributed by atoms with E-state index in [2.05, 4.69) is 0 Å². The van der Waals surface area contributed by atoms with Gasteiger partial charge >= 0.3 is 5.97 Å². The summed E-state index contributed by atoms with van der Waals surface area (Å²) in [4.78, 5) is 24.0. The number of aliphatic hydroxyl groups is 2. The molecular formula is C26H34O6S2. The summed E-state index contributed by atoms with van der Waals surface area (Å²) in [6.07, 6.45) is 4.11. The van der Waals surface area contributed by atoms with Gasteiger partial charge in [0, 0.05) is 24.1 Å². The van der Waals surface area contributed by atoms with Gasteiger partial charge in [0.15, 0.2) is 0 Å². The van der Waals surface area contributed by atoms with Crippen LogP contribution in [-0.4, -0.2) is 62.8 Å². The minimum atomic E-state index is -0.719. The van der Waals surface area contributed by atoms with Crippen molar-refractivity contribution in [3.8, 4) is 0 Å². The Bertz CT molecular complexity index is 936. The molecule has 0 saturated heterocycles. The first-order valence-electron chi connectivity index (χ1n) is 11.8. The molecule has 1 fully saturated rings. The van der Waals surface area contributed by atoms with Gasteiger partial charge in [0.2, 0.25) is 0 Å². The molecule has 0 unspecified atom stereocenters. The lowest BCUT2D eigenvalue weighted by Gasteiger charge is -2.17. The van der Waals surface area contributed by atoms with Crippen molar-refractivity contribution in [3.05, 3.63) is 48.2 Å². The Morgan fingerprint density at radius 3 is 2.85 bits per heavy atom. The quantitative estimate of drug-likeness (QED) is 0.234. The maximum atomic E-state index is 12.4. The summed E-state index contributed by atoms with van der Waals surface area (Å²) in [7, 11) is 0. The SMILES string of the molecule is CC(C)OC(=O)CSCCCS[C@H]1C(=O)C[C@@H](O)[C@@H]1C=C[C@@H](O)CCc1cc2ccccc2o1. The maximum Gasteiger partial charge on any atom is 0.316 e. The normalized spacial score (nSPS) is 21.7. The summed E-state index contributed by atoms with van der Waals surface area (Å²) in [5.41, 5.74) is 0.837. The number of carbonyl (C=O) groups is 2. The molecule has 0 spiro atoms. The molecule has 0 aliphatic heterocycles. The molecule has 2 aromatic rings. The number of hydrogen-bond donors (Lipinski definition) is 2. The zero-order valence-corrected chi connectivity index (χ0v) is 21.4. The largest absolute Gasteiger partial charge is 0.462 e. The van der Waals surface area contributed by atoms with Crippen LogP contribution >= 0.6 is 23.5 Å². The fraction of sp³-hybridized carbons (Fsp3) is 0.538. The van der Waals surface area contributed by atoms with Gasteiger partial charge in [-0.2, -0.15) is 11.8 Å². The van der Waals surface area contributed by atoms with Crippen molar-refractivity contribution >= 4 is 46.2 Å². The molecule has 0 amide bonds. The van der Waals surface area contributed by atoms with Crippen LogP contribution in [0.1, 0.15) is 38.9 Å². The highest BCUT2D eigenvalue weighted by Crippen LogP contribution is 2.34. The van der Waals surface area contributed by atoms with E-state index in [1.807, 2.05) is 44.2 Å². The number of para-hydroxylation sites is 1. The predicted molar refractivity (Wildman–Crippen MR) is 138 cm³/mol. The number of rotatable bonds is 13. The second-order valence-electron chi connectivity index (χ2n) is 8.79. The van der Waals surface area contributed by atoms with Crippen LogP contribution in [0.4, 0.5) is 0 Å². The van der Waals surface area contributed by atoms with Crippen molar-refractivity contribution in [2.45, 2.75) is 63.1 Å². The molecule has 2 N–H and O–H groups in total. The van der Waals surface area contributed by atoms with Crippen molar-refractivity contribution in [1.82, 2.24) is 0 Å². The topological polar surface area (TPSA) is 97.0 Å². The number of benzene rings is 1. The summed E-state index contributed by atoms with van der Waals surface area (Å²) in [6.45, 7) is 3.66. The van der Waals surface area contributed by atoms with Gasteiger partial charge in [0.05, 0.1) is 29.3 Å². The number of fused-ring (bicyclic) bond motifs is 1. The molecule has 1 aromatic heterocycles. The van der Waals surface area contributed by atoms with E-state index in [4.69, 9.17) is 9.15 Å². The van der Waals surface area contributed by atoms with Gasteiger partial charge < -0.3 is 19.4 Å². The average molecular weight is 507 g/mol. The first-order chi connectivity index (χ1) is 16.3. The first-order valence-corrected chi connectivity index (χ1v) is 14.0. The minimum Gasteiger partial charge on any atom is -0.462 e. The molecular weight excluding hydrogens is 472 g/mol. The Labute approximate surface area is 209 Å². The fourth-order valence-electron chi connectivity index (χ4n) is 3.93. The summed E-state index contributed by atoms with van der Waals surface area (Å²) in [5.74, 6) is 2.30. The van der Waals surface area contributed by atoms with Crippen molar-refractivity contribution < 1.29 is 29.0 Å². The fourth-order valence-corrected chi connectivity index (χ4v) is 6.19. The zero-order valence-electron chi connectivity index (χ0n) is 19.7. The number of aryl methyl sites for hydroxylation is 1. The number of Topliss-reactive ketones (excluding diaryl/α,β-unsaturated/α-hetero) is 1. The summed E-state index contributed by atoms with van der Waals surface area (Å²) in [5, 5.41) is 21.5. The summed E-state index contributed by atoms with van der Waals surface area (Å²) in [6, 6.07) is 9.80. The summed E-state index contributed by atoms with van der Waals surface area (Å²) >= 11 is 3.08. The third kappa shape index (κ3) is 8.18. The van der Waals surface area contributed by atoms with Gasteiger partial charge in [0.1, 0.15) is 17.1 Å². The molecule has 1 aliphatic rings. The molecule has 1 heterocycles. The molecule has 4 atom stereocenters. The second-order valence-corrected chi connectivity index (χ2v) is 11.1. The van der Waals surface area contributed by atoms with Crippen LogP contribution in [-0.2, 0) is 20.7 Å².